The summed E-state index contributed by atoms with van der Waals surface area (Å²) in [5.41, 5.74) is 2.98. The van der Waals surface area contributed by atoms with Crippen LogP contribution in [0, 0.1) is 5.92 Å². The molecule has 146 valence electrons. The summed E-state index contributed by atoms with van der Waals surface area (Å²) >= 11 is 0. The third-order valence-corrected chi connectivity index (χ3v) is 5.87. The van der Waals surface area contributed by atoms with Crippen molar-refractivity contribution >= 4 is 23.1 Å². The molecule has 8 heteroatoms. The molecule has 2 bridgehead atoms. The molecule has 2 saturated heterocycles. The highest BCUT2D eigenvalue weighted by atomic mass is 16.5. The Morgan fingerprint density at radius 3 is 3.00 bits per heavy atom. The molecular weight excluding hydrogens is 356 g/mol. The SMILES string of the molecule is Cn1cc(Nc2nccc(C3=CC4CCC(C3)N4C(=O)C3CCOC3)n2)cn1. The molecule has 2 fully saturated rings. The Balaban J connectivity index is 1.35. The Morgan fingerprint density at radius 1 is 1.32 bits per heavy atom. The molecule has 3 unspecified atom stereocenters. The summed E-state index contributed by atoms with van der Waals surface area (Å²) in [5.74, 6) is 0.856. The molecule has 0 aliphatic carbocycles. The minimum atomic E-state index is 0.0346. The highest BCUT2D eigenvalue weighted by Gasteiger charge is 2.42. The molecule has 2 aromatic rings. The third kappa shape index (κ3) is 3.17. The van der Waals surface area contributed by atoms with Gasteiger partial charge in [0.2, 0.25) is 11.9 Å². The van der Waals surface area contributed by atoms with Crippen molar-refractivity contribution in [3.8, 4) is 0 Å². The first-order chi connectivity index (χ1) is 13.7. The van der Waals surface area contributed by atoms with E-state index in [1.807, 2.05) is 19.3 Å². The van der Waals surface area contributed by atoms with Crippen molar-refractivity contribution in [2.24, 2.45) is 13.0 Å². The van der Waals surface area contributed by atoms with Crippen LogP contribution in [0.1, 0.15) is 31.4 Å². The summed E-state index contributed by atoms with van der Waals surface area (Å²) in [6.45, 7) is 1.27. The average molecular weight is 380 g/mol. The molecule has 0 saturated carbocycles. The standard InChI is InChI=1S/C20H24N6O2/c1-25-11-15(10-22-25)23-20-21-6-4-18(24-20)14-8-16-2-3-17(9-14)26(16)19(27)13-5-7-28-12-13/h4,6,8,10-11,13,16-17H,2-3,5,7,9,12H2,1H3,(H,21,23,24). The van der Waals surface area contributed by atoms with Crippen LogP contribution in [0.3, 0.4) is 0 Å². The third-order valence-electron chi connectivity index (χ3n) is 5.87. The van der Waals surface area contributed by atoms with Crippen molar-refractivity contribution in [2.75, 3.05) is 18.5 Å². The molecule has 28 heavy (non-hydrogen) atoms. The van der Waals surface area contributed by atoms with Crippen LogP contribution in [0.25, 0.3) is 5.57 Å². The largest absolute Gasteiger partial charge is 0.381 e. The number of anilines is 2. The molecule has 3 aliphatic rings. The average Bonchev–Trinajstić information content (AvgIpc) is 3.42. The molecule has 5 heterocycles. The molecule has 0 spiro atoms. The van der Waals surface area contributed by atoms with E-state index in [9.17, 15) is 4.79 Å². The first kappa shape index (κ1) is 17.4. The highest BCUT2D eigenvalue weighted by molar-refractivity contribution is 5.82. The zero-order valence-corrected chi connectivity index (χ0v) is 15.9. The Hall–Kier alpha value is -2.74. The van der Waals surface area contributed by atoms with Crippen LogP contribution in [-0.2, 0) is 16.6 Å². The molecule has 1 N–H and O–H groups in total. The van der Waals surface area contributed by atoms with Gasteiger partial charge in [-0.3, -0.25) is 9.48 Å². The predicted molar refractivity (Wildman–Crippen MR) is 104 cm³/mol. The van der Waals surface area contributed by atoms with Crippen LogP contribution in [0.5, 0.6) is 0 Å². The van der Waals surface area contributed by atoms with E-state index in [0.29, 0.717) is 19.2 Å². The number of amides is 1. The molecule has 3 aliphatic heterocycles. The fourth-order valence-corrected chi connectivity index (χ4v) is 4.52. The lowest BCUT2D eigenvalue weighted by atomic mass is 9.96. The van der Waals surface area contributed by atoms with Crippen LogP contribution >= 0.6 is 0 Å². The second-order valence-electron chi connectivity index (χ2n) is 7.79. The van der Waals surface area contributed by atoms with Gasteiger partial charge in [0.15, 0.2) is 0 Å². The van der Waals surface area contributed by atoms with E-state index in [-0.39, 0.29) is 23.9 Å². The molecule has 2 aromatic heterocycles. The fourth-order valence-electron chi connectivity index (χ4n) is 4.52. The number of ether oxygens (including phenoxy) is 1. The van der Waals surface area contributed by atoms with Crippen LogP contribution in [0.15, 0.2) is 30.7 Å². The summed E-state index contributed by atoms with van der Waals surface area (Å²) < 4.78 is 7.15. The maximum absolute atomic E-state index is 12.9. The van der Waals surface area contributed by atoms with Gasteiger partial charge in [-0.15, -0.1) is 0 Å². The molecule has 8 nitrogen and oxygen atoms in total. The van der Waals surface area contributed by atoms with Crippen molar-refractivity contribution < 1.29 is 9.53 Å². The molecule has 1 amide bonds. The number of fused-ring (bicyclic) bond motifs is 2. The van der Waals surface area contributed by atoms with E-state index in [1.54, 1.807) is 17.1 Å². The number of aromatic nitrogens is 4. The van der Waals surface area contributed by atoms with Gasteiger partial charge in [0.05, 0.1) is 36.1 Å². The van der Waals surface area contributed by atoms with E-state index in [1.165, 1.54) is 5.57 Å². The zero-order valence-electron chi connectivity index (χ0n) is 15.9. The zero-order chi connectivity index (χ0) is 19.1. The highest BCUT2D eigenvalue weighted by Crippen LogP contribution is 2.39. The molecule has 0 radical (unpaired) electrons. The fraction of sp³-hybridized carbons (Fsp3) is 0.500. The van der Waals surface area contributed by atoms with Crippen molar-refractivity contribution in [2.45, 2.75) is 37.8 Å². The summed E-state index contributed by atoms with van der Waals surface area (Å²) in [6.07, 6.45) is 11.4. The second kappa shape index (κ2) is 7.01. The summed E-state index contributed by atoms with van der Waals surface area (Å²) in [4.78, 5) is 24.1. The van der Waals surface area contributed by atoms with E-state index < -0.39 is 0 Å². The van der Waals surface area contributed by atoms with Gasteiger partial charge in [-0.1, -0.05) is 6.08 Å². The van der Waals surface area contributed by atoms with E-state index in [0.717, 1.165) is 37.1 Å². The van der Waals surface area contributed by atoms with Crippen LogP contribution in [0.2, 0.25) is 0 Å². The van der Waals surface area contributed by atoms with Gasteiger partial charge in [-0.25, -0.2) is 9.97 Å². The van der Waals surface area contributed by atoms with Gasteiger partial charge in [0.1, 0.15) is 0 Å². The first-order valence-electron chi connectivity index (χ1n) is 9.87. The lowest BCUT2D eigenvalue weighted by molar-refractivity contribution is -0.137. The molecular formula is C20H24N6O2. The topological polar surface area (TPSA) is 85.2 Å². The number of carbonyl (C=O) groups excluding carboxylic acids is 1. The second-order valence-corrected chi connectivity index (χ2v) is 7.79. The van der Waals surface area contributed by atoms with Gasteiger partial charge in [-0.05, 0) is 37.3 Å². The minimum Gasteiger partial charge on any atom is -0.381 e. The predicted octanol–water partition coefficient (Wildman–Crippen LogP) is 2.14. The lowest BCUT2D eigenvalue weighted by Crippen LogP contribution is -2.46. The van der Waals surface area contributed by atoms with Gasteiger partial charge in [0, 0.05) is 32.1 Å². The van der Waals surface area contributed by atoms with E-state index >= 15 is 0 Å². The Morgan fingerprint density at radius 2 is 2.25 bits per heavy atom. The number of aryl methyl sites for hydroxylation is 1. The quantitative estimate of drug-likeness (QED) is 0.875. The van der Waals surface area contributed by atoms with E-state index in [2.05, 4.69) is 26.4 Å². The number of nitrogens with zero attached hydrogens (tertiary/aromatic N) is 5. The van der Waals surface area contributed by atoms with Gasteiger partial charge in [-0.2, -0.15) is 5.10 Å². The number of carbonyl (C=O) groups is 1. The summed E-state index contributed by atoms with van der Waals surface area (Å²) in [6, 6.07) is 2.39. The maximum Gasteiger partial charge on any atom is 0.228 e. The van der Waals surface area contributed by atoms with Crippen molar-refractivity contribution in [3.05, 3.63) is 36.4 Å². The Labute approximate surface area is 163 Å². The molecule has 5 rings (SSSR count). The number of hydrogen-bond acceptors (Lipinski definition) is 6. The minimum absolute atomic E-state index is 0.0346. The summed E-state index contributed by atoms with van der Waals surface area (Å²) in [5, 5.41) is 7.35. The van der Waals surface area contributed by atoms with Gasteiger partial charge < -0.3 is 15.0 Å². The van der Waals surface area contributed by atoms with E-state index in [4.69, 9.17) is 9.72 Å². The van der Waals surface area contributed by atoms with Crippen LogP contribution < -0.4 is 5.32 Å². The lowest BCUT2D eigenvalue weighted by Gasteiger charge is -2.35. The smallest absolute Gasteiger partial charge is 0.228 e. The van der Waals surface area contributed by atoms with Crippen molar-refractivity contribution in [1.29, 1.82) is 0 Å². The normalized spacial score (nSPS) is 26.4. The van der Waals surface area contributed by atoms with Crippen molar-refractivity contribution in [3.63, 3.8) is 0 Å². The number of nitrogens with one attached hydrogen (secondary N) is 1. The Kier molecular flexibility index (Phi) is 4.35. The number of rotatable bonds is 4. The number of hydrogen-bond donors (Lipinski definition) is 1. The molecule has 0 aromatic carbocycles. The van der Waals surface area contributed by atoms with Crippen LogP contribution in [-0.4, -0.2) is 55.9 Å². The van der Waals surface area contributed by atoms with Crippen LogP contribution in [0.4, 0.5) is 11.6 Å². The van der Waals surface area contributed by atoms with Gasteiger partial charge in [0.25, 0.3) is 0 Å². The first-order valence-corrected chi connectivity index (χ1v) is 9.87. The monoisotopic (exact) mass is 380 g/mol. The Bertz CT molecular complexity index is 917. The molecule has 3 atom stereocenters. The summed E-state index contributed by atoms with van der Waals surface area (Å²) in [7, 11) is 1.87. The maximum atomic E-state index is 12.9. The van der Waals surface area contributed by atoms with Crippen molar-refractivity contribution in [1.82, 2.24) is 24.6 Å². The van der Waals surface area contributed by atoms with Gasteiger partial charge >= 0.3 is 0 Å².